The highest BCUT2D eigenvalue weighted by Crippen LogP contribution is 2.33. The molecule has 2 aromatic rings. The third-order valence-electron chi connectivity index (χ3n) is 7.09. The monoisotopic (exact) mass is 637 g/mol. The van der Waals surface area contributed by atoms with Crippen LogP contribution >= 0.6 is 0 Å². The number of nitrogens with one attached hydrogen (secondary N) is 2. The molecule has 0 saturated heterocycles. The Bertz CT molecular complexity index is 1370. The van der Waals surface area contributed by atoms with E-state index >= 15 is 0 Å². The zero-order valence-corrected chi connectivity index (χ0v) is 30.0. The molecular formula is C37H55N3O6. The quantitative estimate of drug-likeness (QED) is 0.284. The van der Waals surface area contributed by atoms with Crippen molar-refractivity contribution in [3.8, 4) is 0 Å². The number of alkyl carbamates (subject to hydrolysis) is 1. The fraction of sp³-hybridized carbons (Fsp3) is 0.568. The minimum absolute atomic E-state index is 0.194. The number of ether oxygens (including phenoxy) is 2. The Morgan fingerprint density at radius 2 is 1.35 bits per heavy atom. The summed E-state index contributed by atoms with van der Waals surface area (Å²) in [6.07, 6.45) is -0.534. The molecule has 0 aliphatic rings. The normalized spacial score (nSPS) is 14.1. The van der Waals surface area contributed by atoms with Crippen molar-refractivity contribution in [2.45, 2.75) is 131 Å². The molecule has 0 fully saturated rings. The van der Waals surface area contributed by atoms with Crippen LogP contribution in [0.3, 0.4) is 0 Å². The first kappa shape index (κ1) is 38.3. The maximum Gasteiger partial charge on any atom is 0.408 e. The van der Waals surface area contributed by atoms with Crippen molar-refractivity contribution < 1.29 is 28.7 Å². The molecule has 254 valence electrons. The molecule has 0 saturated carbocycles. The second-order valence-corrected chi connectivity index (χ2v) is 15.3. The molecule has 2 aromatic carbocycles. The minimum atomic E-state index is -1.14. The van der Waals surface area contributed by atoms with Gasteiger partial charge >= 0.3 is 12.1 Å². The van der Waals surface area contributed by atoms with E-state index in [1.54, 1.807) is 41.5 Å². The van der Waals surface area contributed by atoms with Gasteiger partial charge in [-0.1, -0.05) is 67.9 Å². The van der Waals surface area contributed by atoms with Crippen LogP contribution in [0.5, 0.6) is 0 Å². The van der Waals surface area contributed by atoms with E-state index in [-0.39, 0.29) is 12.3 Å². The van der Waals surface area contributed by atoms with E-state index in [2.05, 4.69) is 10.6 Å². The second kappa shape index (κ2) is 15.1. The first-order chi connectivity index (χ1) is 21.0. The maximum atomic E-state index is 14.6. The zero-order chi connectivity index (χ0) is 35.2. The molecule has 0 aromatic heterocycles. The molecule has 0 radical (unpaired) electrons. The number of nitrogens with zero attached hydrogens (tertiary/aromatic N) is 1. The summed E-state index contributed by atoms with van der Waals surface area (Å²) in [6.45, 7) is 23.5. The van der Waals surface area contributed by atoms with E-state index in [1.807, 2.05) is 97.0 Å². The first-order valence-electron chi connectivity index (χ1n) is 16.0. The van der Waals surface area contributed by atoms with Crippen molar-refractivity contribution in [1.29, 1.82) is 0 Å². The van der Waals surface area contributed by atoms with Crippen LogP contribution in [-0.4, -0.2) is 57.6 Å². The Labute approximate surface area is 275 Å². The van der Waals surface area contributed by atoms with E-state index in [1.165, 1.54) is 4.90 Å². The number of hydrogen-bond donors (Lipinski definition) is 2. The van der Waals surface area contributed by atoms with E-state index in [0.29, 0.717) is 5.56 Å². The van der Waals surface area contributed by atoms with Gasteiger partial charge in [-0.2, -0.15) is 0 Å². The van der Waals surface area contributed by atoms with Gasteiger partial charge in [-0.15, -0.1) is 0 Å². The second-order valence-electron chi connectivity index (χ2n) is 15.3. The van der Waals surface area contributed by atoms with Crippen molar-refractivity contribution in [3.05, 3.63) is 70.8 Å². The summed E-state index contributed by atoms with van der Waals surface area (Å²) in [5, 5.41) is 5.72. The van der Waals surface area contributed by atoms with Crippen LogP contribution in [0.15, 0.2) is 48.5 Å². The molecule has 0 aliphatic heterocycles. The molecule has 2 rings (SSSR count). The smallest absolute Gasteiger partial charge is 0.408 e. The number of carbonyl (C=O) groups is 4. The molecule has 3 unspecified atom stereocenters. The lowest BCUT2D eigenvalue weighted by molar-refractivity contribution is -0.159. The van der Waals surface area contributed by atoms with Gasteiger partial charge in [0.05, 0.1) is 0 Å². The van der Waals surface area contributed by atoms with E-state index in [4.69, 9.17) is 9.47 Å². The third-order valence-corrected chi connectivity index (χ3v) is 7.09. The fourth-order valence-electron chi connectivity index (χ4n) is 5.06. The molecule has 2 N–H and O–H groups in total. The Morgan fingerprint density at radius 1 is 0.783 bits per heavy atom. The molecule has 9 nitrogen and oxygen atoms in total. The average Bonchev–Trinajstić information content (AvgIpc) is 2.88. The number of rotatable bonds is 10. The number of amides is 3. The number of esters is 1. The number of benzene rings is 2. The number of carbonyl (C=O) groups excluding carboxylic acids is 4. The lowest BCUT2D eigenvalue weighted by atomic mass is 9.90. The van der Waals surface area contributed by atoms with Gasteiger partial charge in [0.2, 0.25) is 11.8 Å². The van der Waals surface area contributed by atoms with Crippen molar-refractivity contribution in [2.24, 2.45) is 5.92 Å². The van der Waals surface area contributed by atoms with Gasteiger partial charge in [-0.3, -0.25) is 9.59 Å². The van der Waals surface area contributed by atoms with Gasteiger partial charge in [0.15, 0.2) is 0 Å². The Hall–Kier alpha value is -3.88. The van der Waals surface area contributed by atoms with Gasteiger partial charge in [0.25, 0.3) is 0 Å². The Kier molecular flexibility index (Phi) is 12.6. The van der Waals surface area contributed by atoms with Crippen LogP contribution in [0.1, 0.15) is 104 Å². The summed E-state index contributed by atoms with van der Waals surface area (Å²) in [5.41, 5.74) is 0.712. The number of hydrogen-bond acceptors (Lipinski definition) is 6. The fourth-order valence-corrected chi connectivity index (χ4v) is 5.06. The van der Waals surface area contributed by atoms with Crippen LogP contribution in [0.4, 0.5) is 4.79 Å². The molecular weight excluding hydrogens is 582 g/mol. The standard InChI is InChI=1S/C37H55N3O6/c1-23(2)29(39-34(44)46-37(11,12)13)32(42)40(35(5,6)7)30(27-21-24(3)19-20-25(27)4)31(41)38-28(33(43)45-36(8,9)10)22-26-17-15-14-16-18-26/h14-21,23,28-30H,22H2,1-13H3,(H,38,41)(H,39,44). The van der Waals surface area contributed by atoms with Gasteiger partial charge in [0, 0.05) is 12.0 Å². The van der Waals surface area contributed by atoms with Crippen molar-refractivity contribution in [1.82, 2.24) is 15.5 Å². The highest BCUT2D eigenvalue weighted by Gasteiger charge is 2.44. The predicted octanol–water partition coefficient (Wildman–Crippen LogP) is 6.59. The summed E-state index contributed by atoms with van der Waals surface area (Å²) >= 11 is 0. The third kappa shape index (κ3) is 11.5. The van der Waals surface area contributed by atoms with E-state index < -0.39 is 58.7 Å². The van der Waals surface area contributed by atoms with Crippen LogP contribution in [0.2, 0.25) is 0 Å². The summed E-state index contributed by atoms with van der Waals surface area (Å²) in [6, 6.07) is 11.9. The topological polar surface area (TPSA) is 114 Å². The minimum Gasteiger partial charge on any atom is -0.458 e. The van der Waals surface area contributed by atoms with Crippen LogP contribution in [0, 0.1) is 19.8 Å². The molecule has 0 bridgehead atoms. The molecule has 0 aliphatic carbocycles. The molecule has 3 amide bonds. The number of aryl methyl sites for hydroxylation is 2. The van der Waals surface area contributed by atoms with Crippen LogP contribution in [0.25, 0.3) is 0 Å². The SMILES string of the molecule is Cc1ccc(C)c(C(C(=O)NC(Cc2ccccc2)C(=O)OC(C)(C)C)N(C(=O)C(NC(=O)OC(C)(C)C)C(C)C)C(C)(C)C)c1. The van der Waals surface area contributed by atoms with Gasteiger partial charge < -0.3 is 25.0 Å². The maximum absolute atomic E-state index is 14.6. The Balaban J connectivity index is 2.70. The molecule has 9 heteroatoms. The van der Waals surface area contributed by atoms with E-state index in [0.717, 1.165) is 16.7 Å². The Morgan fingerprint density at radius 3 is 1.85 bits per heavy atom. The van der Waals surface area contributed by atoms with Crippen molar-refractivity contribution in [2.75, 3.05) is 0 Å². The van der Waals surface area contributed by atoms with Crippen LogP contribution < -0.4 is 10.6 Å². The van der Waals surface area contributed by atoms with Gasteiger partial charge in [-0.25, -0.2) is 9.59 Å². The van der Waals surface area contributed by atoms with Gasteiger partial charge in [-0.05, 0) is 98.8 Å². The van der Waals surface area contributed by atoms with Crippen molar-refractivity contribution in [3.63, 3.8) is 0 Å². The average molecular weight is 638 g/mol. The largest absolute Gasteiger partial charge is 0.458 e. The lowest BCUT2D eigenvalue weighted by Gasteiger charge is -2.44. The molecule has 0 heterocycles. The van der Waals surface area contributed by atoms with Crippen molar-refractivity contribution >= 4 is 23.9 Å². The summed E-state index contributed by atoms with van der Waals surface area (Å²) < 4.78 is 11.2. The highest BCUT2D eigenvalue weighted by molar-refractivity contribution is 5.94. The lowest BCUT2D eigenvalue weighted by Crippen LogP contribution is -2.60. The van der Waals surface area contributed by atoms with Crippen LogP contribution in [-0.2, 0) is 30.3 Å². The molecule has 46 heavy (non-hydrogen) atoms. The molecule has 0 spiro atoms. The predicted molar refractivity (Wildman–Crippen MR) is 181 cm³/mol. The van der Waals surface area contributed by atoms with Gasteiger partial charge in [0.1, 0.15) is 29.3 Å². The molecule has 3 atom stereocenters. The highest BCUT2D eigenvalue weighted by atomic mass is 16.6. The van der Waals surface area contributed by atoms with E-state index in [9.17, 15) is 19.2 Å². The summed E-state index contributed by atoms with van der Waals surface area (Å²) in [4.78, 5) is 57.2. The summed E-state index contributed by atoms with van der Waals surface area (Å²) in [5.74, 6) is -1.90. The summed E-state index contributed by atoms with van der Waals surface area (Å²) in [7, 11) is 0. The zero-order valence-electron chi connectivity index (χ0n) is 30.0. The first-order valence-corrected chi connectivity index (χ1v) is 16.0.